The van der Waals surface area contributed by atoms with Crippen molar-refractivity contribution in [1.82, 2.24) is 0 Å². The van der Waals surface area contributed by atoms with E-state index >= 15 is 0 Å². The molecule has 4 aliphatic heterocycles. The van der Waals surface area contributed by atoms with E-state index in [-0.39, 0.29) is 47.8 Å². The second kappa shape index (κ2) is 17.5. The Labute approximate surface area is 377 Å². The van der Waals surface area contributed by atoms with Gasteiger partial charge in [0.25, 0.3) is 11.8 Å². The number of fused-ring (bicyclic) bond motifs is 8. The number of nitrogens with zero attached hydrogens (tertiary/aromatic N) is 4. The van der Waals surface area contributed by atoms with Crippen molar-refractivity contribution >= 4 is 70.3 Å². The predicted octanol–water partition coefficient (Wildman–Crippen LogP) is 10.1. The first-order valence-corrected chi connectivity index (χ1v) is 22.5. The SMILES string of the molecule is COc1cc2c(cc1OCc1cc(COc3cc4c(cc3OC)C(=O)N3c5ccccc5CC3C=N4)cc(NC(=O)CCC(C)(C)SC(C)C)c1)N=CC1Cc3ccccc3N1C2=O. The van der Waals surface area contributed by atoms with Gasteiger partial charge in [0.2, 0.25) is 5.91 Å². The molecule has 4 aliphatic rings. The zero-order chi connectivity index (χ0) is 44.7. The van der Waals surface area contributed by atoms with E-state index in [1.54, 1.807) is 48.3 Å². The summed E-state index contributed by atoms with van der Waals surface area (Å²) in [6.07, 6.45) is 6.09. The van der Waals surface area contributed by atoms with E-state index in [1.807, 2.05) is 90.9 Å². The number of hydrogen-bond acceptors (Lipinski definition) is 10. The van der Waals surface area contributed by atoms with Crippen LogP contribution in [0.4, 0.5) is 28.4 Å². The molecule has 3 amide bonds. The van der Waals surface area contributed by atoms with E-state index in [4.69, 9.17) is 28.9 Å². The number of rotatable bonds is 14. The number of para-hydroxylation sites is 2. The summed E-state index contributed by atoms with van der Waals surface area (Å²) in [5, 5.41) is 3.56. The van der Waals surface area contributed by atoms with Crippen LogP contribution in [0.25, 0.3) is 0 Å². The van der Waals surface area contributed by atoms with E-state index < -0.39 is 0 Å². The molecular formula is C51H51N5O7S. The highest BCUT2D eigenvalue weighted by atomic mass is 32.2. The first kappa shape index (κ1) is 42.7. The molecule has 12 nitrogen and oxygen atoms in total. The highest BCUT2D eigenvalue weighted by molar-refractivity contribution is 8.01. The molecule has 0 fully saturated rings. The summed E-state index contributed by atoms with van der Waals surface area (Å²) in [5.41, 5.74) is 7.92. The highest BCUT2D eigenvalue weighted by Crippen LogP contribution is 2.43. The maximum absolute atomic E-state index is 14.0. The fourth-order valence-electron chi connectivity index (χ4n) is 9.04. The average molecular weight is 878 g/mol. The van der Waals surface area contributed by atoms with E-state index in [9.17, 15) is 14.4 Å². The summed E-state index contributed by atoms with van der Waals surface area (Å²) < 4.78 is 24.4. The zero-order valence-electron chi connectivity index (χ0n) is 36.8. The molecule has 2 atom stereocenters. The van der Waals surface area contributed by atoms with Crippen LogP contribution in [0.2, 0.25) is 0 Å². The van der Waals surface area contributed by atoms with Gasteiger partial charge in [-0.3, -0.25) is 34.2 Å². The number of thioether (sulfide) groups is 1. The number of anilines is 3. The molecule has 0 aliphatic carbocycles. The number of hydrogen-bond donors (Lipinski definition) is 1. The summed E-state index contributed by atoms with van der Waals surface area (Å²) >= 11 is 1.85. The van der Waals surface area contributed by atoms with Crippen LogP contribution < -0.4 is 34.1 Å². The van der Waals surface area contributed by atoms with Crippen molar-refractivity contribution in [3.63, 3.8) is 0 Å². The number of carbonyl (C=O) groups is 3. The molecule has 0 aromatic heterocycles. The first-order valence-electron chi connectivity index (χ1n) is 21.6. The largest absolute Gasteiger partial charge is 0.493 e. The van der Waals surface area contributed by atoms with Crippen molar-refractivity contribution < 1.29 is 33.3 Å². The first-order chi connectivity index (χ1) is 30.9. The van der Waals surface area contributed by atoms with Gasteiger partial charge in [0.05, 0.1) is 48.8 Å². The Morgan fingerprint density at radius 1 is 0.719 bits per heavy atom. The Morgan fingerprint density at radius 3 is 1.67 bits per heavy atom. The van der Waals surface area contributed by atoms with Gasteiger partial charge in [-0.25, -0.2) is 0 Å². The zero-order valence-corrected chi connectivity index (χ0v) is 37.7. The van der Waals surface area contributed by atoms with Crippen LogP contribution in [0.15, 0.2) is 101 Å². The summed E-state index contributed by atoms with van der Waals surface area (Å²) in [6, 6.07) is 28.0. The van der Waals surface area contributed by atoms with Crippen LogP contribution in [-0.4, -0.2) is 66.5 Å². The van der Waals surface area contributed by atoms with E-state index in [1.165, 1.54) is 0 Å². The van der Waals surface area contributed by atoms with E-state index in [2.05, 4.69) is 33.0 Å². The topological polar surface area (TPSA) is 131 Å². The van der Waals surface area contributed by atoms with Crippen molar-refractivity contribution in [3.8, 4) is 23.0 Å². The normalized spacial score (nSPS) is 16.9. The molecule has 1 N–H and O–H groups in total. The number of ether oxygens (including phenoxy) is 4. The third-order valence-corrected chi connectivity index (χ3v) is 13.2. The summed E-state index contributed by atoms with van der Waals surface area (Å²) in [4.78, 5) is 54.6. The Kier molecular flexibility index (Phi) is 11.7. The van der Waals surface area contributed by atoms with Gasteiger partial charge >= 0.3 is 0 Å². The number of methoxy groups -OCH3 is 2. The van der Waals surface area contributed by atoms with Gasteiger partial charge in [-0.15, -0.1) is 0 Å². The molecule has 2 unspecified atom stereocenters. The Morgan fingerprint density at radius 2 is 1.20 bits per heavy atom. The molecule has 5 aromatic rings. The van der Waals surface area contributed by atoms with Crippen molar-refractivity contribution in [2.75, 3.05) is 29.3 Å². The third kappa shape index (κ3) is 8.56. The molecule has 13 heteroatoms. The maximum Gasteiger partial charge on any atom is 0.261 e. The summed E-state index contributed by atoms with van der Waals surface area (Å²) in [5.74, 6) is 1.22. The predicted molar refractivity (Wildman–Crippen MR) is 254 cm³/mol. The molecule has 0 saturated heterocycles. The molecule has 0 spiro atoms. The van der Waals surface area contributed by atoms with Crippen molar-refractivity contribution in [2.24, 2.45) is 9.98 Å². The molecule has 0 bridgehead atoms. The highest BCUT2D eigenvalue weighted by Gasteiger charge is 2.38. The number of benzene rings is 5. The summed E-state index contributed by atoms with van der Waals surface area (Å²) in [6.45, 7) is 8.86. The standard InChI is InChI=1S/C51H51N5O7S/c1-30(2)64-51(3,4)16-15-48(57)54-35-18-31(28-62-46-24-40-38(22-44(46)60-5)49(58)55-36(26-52-40)20-33-11-7-9-13-42(33)55)17-32(19-35)29-63-47-25-41-39(23-45(47)61-6)50(59)56-37(27-53-41)21-34-12-8-10-14-43(34)56/h7-14,17-19,22-27,30,36-37H,15-16,20-21,28-29H2,1-6H3,(H,54,57). The minimum atomic E-state index is -0.192. The quantitative estimate of drug-likeness (QED) is 0.117. The van der Waals surface area contributed by atoms with Crippen LogP contribution in [0, 0.1) is 0 Å². The van der Waals surface area contributed by atoms with Gasteiger partial charge in [-0.2, -0.15) is 11.8 Å². The van der Waals surface area contributed by atoms with Crippen LogP contribution >= 0.6 is 11.8 Å². The third-order valence-electron chi connectivity index (χ3n) is 11.9. The number of nitrogens with one attached hydrogen (secondary N) is 1. The van der Waals surface area contributed by atoms with Crippen molar-refractivity contribution in [1.29, 1.82) is 0 Å². The molecule has 0 saturated carbocycles. The van der Waals surface area contributed by atoms with Crippen molar-refractivity contribution in [2.45, 2.75) is 88.7 Å². The monoisotopic (exact) mass is 877 g/mol. The van der Waals surface area contributed by atoms with E-state index in [0.717, 1.165) is 33.6 Å². The van der Waals surface area contributed by atoms with Gasteiger partial charge in [-0.1, -0.05) is 64.1 Å². The van der Waals surface area contributed by atoms with Crippen molar-refractivity contribution in [3.05, 3.63) is 124 Å². The molecule has 4 heterocycles. The minimum Gasteiger partial charge on any atom is -0.493 e. The summed E-state index contributed by atoms with van der Waals surface area (Å²) in [7, 11) is 3.08. The molecule has 9 rings (SSSR count). The number of amides is 3. The lowest BCUT2D eigenvalue weighted by Crippen LogP contribution is -2.37. The molecular weight excluding hydrogens is 827 g/mol. The Balaban J connectivity index is 0.971. The maximum atomic E-state index is 14.0. The fourth-order valence-corrected chi connectivity index (χ4v) is 10.5. The molecule has 64 heavy (non-hydrogen) atoms. The lowest BCUT2D eigenvalue weighted by molar-refractivity contribution is -0.116. The number of carbonyl (C=O) groups excluding carboxylic acids is 3. The lowest BCUT2D eigenvalue weighted by Gasteiger charge is -2.26. The number of aliphatic imine (C=N–C) groups is 2. The smallest absolute Gasteiger partial charge is 0.261 e. The Hall–Kier alpha value is -6.60. The Bertz CT molecular complexity index is 2570. The van der Waals surface area contributed by atoms with Gasteiger partial charge in [0.1, 0.15) is 13.2 Å². The molecule has 0 radical (unpaired) electrons. The van der Waals surface area contributed by atoms with Gasteiger partial charge < -0.3 is 24.3 Å². The van der Waals surface area contributed by atoms with Gasteiger partial charge in [0.15, 0.2) is 23.0 Å². The van der Waals surface area contributed by atoms with Crippen LogP contribution in [-0.2, 0) is 30.8 Å². The second-order valence-electron chi connectivity index (χ2n) is 17.3. The van der Waals surface area contributed by atoms with Crippen LogP contribution in [0.5, 0.6) is 23.0 Å². The fraction of sp³-hybridized carbons (Fsp3) is 0.314. The average Bonchev–Trinajstić information content (AvgIpc) is 3.77. The second-order valence-corrected chi connectivity index (χ2v) is 19.6. The van der Waals surface area contributed by atoms with E-state index in [0.29, 0.717) is 82.1 Å². The minimum absolute atomic E-state index is 0.0648. The molecule has 5 aromatic carbocycles. The van der Waals surface area contributed by atoms with Gasteiger partial charge in [0, 0.05) is 65.6 Å². The van der Waals surface area contributed by atoms with Crippen LogP contribution in [0.1, 0.15) is 83.5 Å². The molecule has 328 valence electrons. The van der Waals surface area contributed by atoms with Gasteiger partial charge in [-0.05, 0) is 76.4 Å². The van der Waals surface area contributed by atoms with Crippen LogP contribution in [0.3, 0.4) is 0 Å². The lowest BCUT2D eigenvalue weighted by atomic mass is 10.1.